The van der Waals surface area contributed by atoms with Crippen LogP contribution in [0, 0.1) is 0 Å². The molecular formula is C28H23NO6S2. The molecule has 5 rings (SSSR count). The van der Waals surface area contributed by atoms with Crippen molar-refractivity contribution in [1.29, 1.82) is 0 Å². The molecule has 188 valence electrons. The number of benzene rings is 3. The Morgan fingerprint density at radius 3 is 2.22 bits per heavy atom. The van der Waals surface area contributed by atoms with Crippen LogP contribution in [0.2, 0.25) is 0 Å². The Kier molecular flexibility index (Phi) is 6.73. The predicted octanol–water partition coefficient (Wildman–Crippen LogP) is 6.42. The molecule has 0 saturated carbocycles. The summed E-state index contributed by atoms with van der Waals surface area (Å²) in [4.78, 5) is 11.3. The third kappa shape index (κ3) is 5.09. The Morgan fingerprint density at radius 1 is 0.919 bits per heavy atom. The molecule has 0 fully saturated rings. The van der Waals surface area contributed by atoms with Crippen molar-refractivity contribution in [3.63, 3.8) is 0 Å². The zero-order chi connectivity index (χ0) is 26.0. The number of carboxylic acids is 1. The molecule has 1 N–H and O–H groups in total. The molecule has 2 heterocycles. The Bertz CT molecular complexity index is 1650. The van der Waals surface area contributed by atoms with E-state index in [4.69, 9.17) is 9.47 Å². The van der Waals surface area contributed by atoms with E-state index < -0.39 is 16.0 Å². The molecule has 0 aliphatic carbocycles. The average Bonchev–Trinajstić information content (AvgIpc) is 3.57. The summed E-state index contributed by atoms with van der Waals surface area (Å²) in [5.74, 6) is 0.851. The number of carboxylic acid groups (broad SMARTS) is 1. The third-order valence-corrected chi connectivity index (χ3v) is 8.36. The van der Waals surface area contributed by atoms with E-state index in [1.54, 1.807) is 60.9 Å². The summed E-state index contributed by atoms with van der Waals surface area (Å²) in [6, 6.07) is 20.8. The molecule has 0 spiro atoms. The summed E-state index contributed by atoms with van der Waals surface area (Å²) >= 11 is 1.57. The summed E-state index contributed by atoms with van der Waals surface area (Å²) in [5, 5.41) is 13.9. The molecule has 0 unspecified atom stereocenters. The first-order chi connectivity index (χ1) is 17.8. The van der Waals surface area contributed by atoms with E-state index in [0.717, 1.165) is 11.1 Å². The Balaban J connectivity index is 1.49. The van der Waals surface area contributed by atoms with Gasteiger partial charge in [-0.05, 0) is 101 Å². The van der Waals surface area contributed by atoms with Crippen molar-refractivity contribution in [3.05, 3.63) is 95.3 Å². The van der Waals surface area contributed by atoms with Crippen LogP contribution >= 0.6 is 11.3 Å². The monoisotopic (exact) mass is 533 g/mol. The molecule has 2 aromatic heterocycles. The highest BCUT2D eigenvalue weighted by molar-refractivity contribution is 7.90. The van der Waals surface area contributed by atoms with E-state index in [9.17, 15) is 18.3 Å². The molecule has 0 amide bonds. The number of aromatic nitrogens is 1. The van der Waals surface area contributed by atoms with Crippen molar-refractivity contribution in [3.8, 4) is 28.4 Å². The maximum absolute atomic E-state index is 13.6. The summed E-state index contributed by atoms with van der Waals surface area (Å²) in [6.45, 7) is 0. The van der Waals surface area contributed by atoms with Gasteiger partial charge in [0.2, 0.25) is 0 Å². The molecule has 5 aromatic rings. The fourth-order valence-corrected chi connectivity index (χ4v) is 6.14. The Labute approximate surface area is 218 Å². The van der Waals surface area contributed by atoms with E-state index in [2.05, 4.69) is 0 Å². The van der Waals surface area contributed by atoms with Crippen molar-refractivity contribution in [2.45, 2.75) is 17.7 Å². The smallest absolute Gasteiger partial charge is 0.303 e. The van der Waals surface area contributed by atoms with Crippen LogP contribution < -0.4 is 9.47 Å². The molecule has 37 heavy (non-hydrogen) atoms. The lowest BCUT2D eigenvalue weighted by atomic mass is 10.0. The summed E-state index contributed by atoms with van der Waals surface area (Å²) in [6.07, 6.45) is 1.65. The fourth-order valence-electron chi connectivity index (χ4n) is 4.09. The van der Waals surface area contributed by atoms with Gasteiger partial charge in [-0.2, -0.15) is 11.3 Å². The molecule has 0 aliphatic heterocycles. The van der Waals surface area contributed by atoms with Crippen LogP contribution in [0.5, 0.6) is 17.2 Å². The number of ether oxygens (including phenoxy) is 2. The van der Waals surface area contributed by atoms with Crippen molar-refractivity contribution in [2.75, 3.05) is 7.11 Å². The van der Waals surface area contributed by atoms with Gasteiger partial charge in [-0.25, -0.2) is 12.4 Å². The van der Waals surface area contributed by atoms with E-state index in [-0.39, 0.29) is 17.7 Å². The van der Waals surface area contributed by atoms with E-state index in [1.165, 1.54) is 22.3 Å². The summed E-state index contributed by atoms with van der Waals surface area (Å²) in [7, 11) is -2.37. The molecule has 0 bridgehead atoms. The van der Waals surface area contributed by atoms with Crippen molar-refractivity contribution in [2.24, 2.45) is 0 Å². The van der Waals surface area contributed by atoms with Crippen LogP contribution in [0.3, 0.4) is 0 Å². The van der Waals surface area contributed by atoms with Crippen molar-refractivity contribution in [1.82, 2.24) is 3.97 Å². The van der Waals surface area contributed by atoms with Gasteiger partial charge >= 0.3 is 5.97 Å². The first-order valence-corrected chi connectivity index (χ1v) is 13.8. The minimum absolute atomic E-state index is 0.0955. The first-order valence-electron chi connectivity index (χ1n) is 11.4. The Hall–Kier alpha value is -4.08. The molecule has 0 aliphatic rings. The second-order valence-corrected chi connectivity index (χ2v) is 10.9. The maximum atomic E-state index is 13.6. The highest BCUT2D eigenvalue weighted by Gasteiger charge is 2.22. The van der Waals surface area contributed by atoms with Gasteiger partial charge in [0, 0.05) is 18.0 Å². The second-order valence-electron chi connectivity index (χ2n) is 8.34. The van der Waals surface area contributed by atoms with Crippen LogP contribution in [-0.4, -0.2) is 30.6 Å². The number of methoxy groups -OCH3 is 1. The molecule has 3 aromatic carbocycles. The molecule has 9 heteroatoms. The zero-order valence-electron chi connectivity index (χ0n) is 19.8. The minimum atomic E-state index is -3.95. The number of carbonyl (C=O) groups is 1. The average molecular weight is 534 g/mol. The molecule has 0 atom stereocenters. The highest BCUT2D eigenvalue weighted by atomic mass is 32.2. The second kappa shape index (κ2) is 10.1. The maximum Gasteiger partial charge on any atom is 0.303 e. The van der Waals surface area contributed by atoms with Gasteiger partial charge in [0.25, 0.3) is 10.0 Å². The van der Waals surface area contributed by atoms with Crippen molar-refractivity contribution >= 4 is 38.2 Å². The van der Waals surface area contributed by atoms with Crippen LogP contribution in [0.1, 0.15) is 12.0 Å². The number of fused-ring (bicyclic) bond motifs is 1. The highest BCUT2D eigenvalue weighted by Crippen LogP contribution is 2.33. The standard InChI is InChI=1S/C28H23NO6S2/c1-34-22-4-6-23(7-5-22)35-24-8-10-25(11-9-24)37(32,33)29-17-20(3-13-28(30)31)26-16-19(2-12-27(26)29)21-14-15-36-18-21/h2,4-12,14-18H,3,13H2,1H3,(H,30,31). The molecule has 0 saturated heterocycles. The third-order valence-electron chi connectivity index (χ3n) is 5.99. The largest absolute Gasteiger partial charge is 0.497 e. The summed E-state index contributed by atoms with van der Waals surface area (Å²) < 4.78 is 39.5. The van der Waals surface area contributed by atoms with Gasteiger partial charge in [-0.1, -0.05) is 6.07 Å². The van der Waals surface area contributed by atoms with E-state index in [0.29, 0.717) is 33.7 Å². The Morgan fingerprint density at radius 2 is 1.59 bits per heavy atom. The van der Waals surface area contributed by atoms with E-state index in [1.807, 2.05) is 29.0 Å². The molecule has 7 nitrogen and oxygen atoms in total. The van der Waals surface area contributed by atoms with Crippen LogP contribution in [-0.2, 0) is 21.2 Å². The van der Waals surface area contributed by atoms with Gasteiger partial charge in [0.1, 0.15) is 17.2 Å². The number of hydrogen-bond donors (Lipinski definition) is 1. The number of nitrogens with zero attached hydrogens (tertiary/aromatic N) is 1. The number of aryl methyl sites for hydroxylation is 1. The lowest BCUT2D eigenvalue weighted by Gasteiger charge is -2.10. The molecule has 0 radical (unpaired) electrons. The number of aliphatic carboxylic acids is 1. The normalized spacial score (nSPS) is 11.5. The zero-order valence-corrected chi connectivity index (χ0v) is 21.5. The minimum Gasteiger partial charge on any atom is -0.497 e. The number of hydrogen-bond acceptors (Lipinski definition) is 6. The number of thiophene rings is 1. The van der Waals surface area contributed by atoms with Gasteiger partial charge in [-0.3, -0.25) is 4.79 Å². The van der Waals surface area contributed by atoms with E-state index >= 15 is 0 Å². The lowest BCUT2D eigenvalue weighted by Crippen LogP contribution is -2.11. The fraction of sp³-hybridized carbons (Fsp3) is 0.107. The van der Waals surface area contributed by atoms with Gasteiger partial charge in [0.05, 0.1) is 17.5 Å². The quantitative estimate of drug-likeness (QED) is 0.235. The van der Waals surface area contributed by atoms with Gasteiger partial charge < -0.3 is 14.6 Å². The van der Waals surface area contributed by atoms with Gasteiger partial charge in [-0.15, -0.1) is 0 Å². The molecular weight excluding hydrogens is 510 g/mol. The summed E-state index contributed by atoms with van der Waals surface area (Å²) in [5.41, 5.74) is 3.13. The van der Waals surface area contributed by atoms with Crippen molar-refractivity contribution < 1.29 is 27.8 Å². The van der Waals surface area contributed by atoms with Crippen LogP contribution in [0.25, 0.3) is 22.0 Å². The SMILES string of the molecule is COc1ccc(Oc2ccc(S(=O)(=O)n3cc(CCC(=O)O)c4cc(-c5ccsc5)ccc43)cc2)cc1. The van der Waals surface area contributed by atoms with Crippen LogP contribution in [0.15, 0.2) is 94.6 Å². The predicted molar refractivity (Wildman–Crippen MR) is 143 cm³/mol. The lowest BCUT2D eigenvalue weighted by molar-refractivity contribution is -0.136. The number of rotatable bonds is 9. The topological polar surface area (TPSA) is 94.8 Å². The van der Waals surface area contributed by atoms with Crippen LogP contribution in [0.4, 0.5) is 0 Å². The first kappa shape index (κ1) is 24.6. The van der Waals surface area contributed by atoms with Gasteiger partial charge in [0.15, 0.2) is 0 Å².